The average molecular weight is 721 g/mol. The van der Waals surface area contributed by atoms with Gasteiger partial charge in [-0.25, -0.2) is 9.69 Å². The zero-order chi connectivity index (χ0) is 37.3. The summed E-state index contributed by atoms with van der Waals surface area (Å²) in [5.41, 5.74) is 6.49. The van der Waals surface area contributed by atoms with Crippen molar-refractivity contribution >= 4 is 41.0 Å². The molecule has 5 aromatic carbocycles. The topological polar surface area (TPSA) is 131 Å². The Bertz CT molecular complexity index is 2250. The molecule has 0 spiro atoms. The molecular formula is C43H36N4O7. The molecule has 2 atom stereocenters. The first-order valence-electron chi connectivity index (χ1n) is 17.8. The minimum atomic E-state index is -0.837. The number of nitrogens with one attached hydrogen (secondary N) is 1. The molecule has 3 aliphatic rings. The Morgan fingerprint density at radius 2 is 1.46 bits per heavy atom. The Balaban J connectivity index is 1.20. The molecule has 0 aliphatic carbocycles. The third-order valence-electron chi connectivity index (χ3n) is 10.4. The molecule has 11 nitrogen and oxygen atoms in total. The number of hydrogen-bond acceptors (Lipinski definition) is 8. The predicted molar refractivity (Wildman–Crippen MR) is 204 cm³/mol. The van der Waals surface area contributed by atoms with E-state index in [1.165, 1.54) is 25.3 Å². The number of urea groups is 1. The minimum absolute atomic E-state index is 0.0319. The zero-order valence-electron chi connectivity index (χ0n) is 29.4. The summed E-state index contributed by atoms with van der Waals surface area (Å²) in [5, 5.41) is 13.7. The van der Waals surface area contributed by atoms with Crippen molar-refractivity contribution in [3.05, 3.63) is 164 Å². The number of carbonyl (C=O) groups excluding carboxylic acids is 3. The number of carbonyl (C=O) groups is 3. The normalized spacial score (nSPS) is 18.6. The lowest BCUT2D eigenvalue weighted by Gasteiger charge is -2.44. The molecule has 0 unspecified atom stereocenters. The summed E-state index contributed by atoms with van der Waals surface area (Å²) in [5.74, 6) is -0.804. The Kier molecular flexibility index (Phi) is 9.12. The molecule has 3 aliphatic heterocycles. The van der Waals surface area contributed by atoms with Gasteiger partial charge in [0.1, 0.15) is 23.7 Å². The molecule has 1 fully saturated rings. The van der Waals surface area contributed by atoms with Crippen molar-refractivity contribution < 1.29 is 28.8 Å². The van der Waals surface area contributed by atoms with Gasteiger partial charge in [0.05, 0.1) is 17.7 Å². The average Bonchev–Trinajstić information content (AvgIpc) is 3.19. The molecule has 1 N–H and O–H groups in total. The van der Waals surface area contributed by atoms with Crippen molar-refractivity contribution in [3.8, 4) is 11.5 Å². The van der Waals surface area contributed by atoms with Crippen LogP contribution in [0.3, 0.4) is 0 Å². The van der Waals surface area contributed by atoms with Gasteiger partial charge in [0.15, 0.2) is 0 Å². The Morgan fingerprint density at radius 1 is 0.815 bits per heavy atom. The monoisotopic (exact) mass is 720 g/mol. The van der Waals surface area contributed by atoms with E-state index in [-0.39, 0.29) is 35.5 Å². The first kappa shape index (κ1) is 34.3. The number of rotatable bonds is 9. The molecule has 8 rings (SSSR count). The van der Waals surface area contributed by atoms with Gasteiger partial charge >= 0.3 is 6.03 Å². The maximum Gasteiger partial charge on any atom is 0.335 e. The molecule has 54 heavy (non-hydrogen) atoms. The van der Waals surface area contributed by atoms with Crippen LogP contribution in [0.4, 0.5) is 21.9 Å². The van der Waals surface area contributed by atoms with Crippen molar-refractivity contribution in [3.63, 3.8) is 0 Å². The van der Waals surface area contributed by atoms with E-state index in [0.29, 0.717) is 22.6 Å². The summed E-state index contributed by atoms with van der Waals surface area (Å²) in [7, 11) is 1.50. The molecule has 11 heteroatoms. The van der Waals surface area contributed by atoms with Crippen LogP contribution in [0.1, 0.15) is 58.1 Å². The van der Waals surface area contributed by atoms with Crippen LogP contribution in [-0.4, -0.2) is 43.0 Å². The number of barbiturate groups is 1. The Morgan fingerprint density at radius 3 is 2.07 bits per heavy atom. The van der Waals surface area contributed by atoms with Crippen LogP contribution in [0.5, 0.6) is 11.5 Å². The number of nitro groups is 1. The number of methoxy groups -OCH3 is 1. The molecule has 0 radical (unpaired) electrons. The van der Waals surface area contributed by atoms with Gasteiger partial charge in [-0.15, -0.1) is 0 Å². The van der Waals surface area contributed by atoms with E-state index < -0.39 is 22.8 Å². The third-order valence-corrected chi connectivity index (χ3v) is 10.4. The summed E-state index contributed by atoms with van der Waals surface area (Å²) >= 11 is 0. The number of nitrogens with zero attached hydrogens (tertiary/aromatic N) is 3. The van der Waals surface area contributed by atoms with Gasteiger partial charge in [0.2, 0.25) is 0 Å². The van der Waals surface area contributed by atoms with E-state index >= 15 is 0 Å². The second-order valence-corrected chi connectivity index (χ2v) is 13.5. The first-order chi connectivity index (χ1) is 26.3. The largest absolute Gasteiger partial charge is 0.497 e. The molecule has 4 amide bonds. The molecule has 0 aromatic heterocycles. The van der Waals surface area contributed by atoms with Gasteiger partial charge < -0.3 is 14.4 Å². The molecule has 0 bridgehead atoms. The fraction of sp³-hybridized carbons (Fsp3) is 0.186. The highest BCUT2D eigenvalue weighted by Crippen LogP contribution is 2.50. The lowest BCUT2D eigenvalue weighted by Crippen LogP contribution is -2.54. The number of amides is 4. The Hall–Kier alpha value is -6.75. The lowest BCUT2D eigenvalue weighted by molar-refractivity contribution is -0.384. The van der Waals surface area contributed by atoms with Gasteiger partial charge in [-0.3, -0.25) is 25.0 Å². The molecule has 0 saturated carbocycles. The number of non-ortho nitro benzene ring substituents is 1. The Labute approximate surface area is 311 Å². The summed E-state index contributed by atoms with van der Waals surface area (Å²) in [6, 6.07) is 34.5. The number of anilines is 2. The van der Waals surface area contributed by atoms with E-state index in [4.69, 9.17) is 9.47 Å². The van der Waals surface area contributed by atoms with Crippen molar-refractivity contribution in [2.45, 2.75) is 31.3 Å². The molecule has 3 heterocycles. The highest BCUT2D eigenvalue weighted by Gasteiger charge is 2.40. The van der Waals surface area contributed by atoms with E-state index in [1.807, 2.05) is 48.5 Å². The summed E-state index contributed by atoms with van der Waals surface area (Å²) < 4.78 is 11.5. The van der Waals surface area contributed by atoms with Crippen molar-refractivity contribution in [1.29, 1.82) is 0 Å². The number of imide groups is 2. The maximum atomic E-state index is 14.5. The first-order valence-corrected chi connectivity index (χ1v) is 17.8. The quantitative estimate of drug-likeness (QED) is 0.0709. The van der Waals surface area contributed by atoms with Crippen LogP contribution in [-0.2, 0) is 16.2 Å². The van der Waals surface area contributed by atoms with E-state index in [2.05, 4.69) is 34.5 Å². The van der Waals surface area contributed by atoms with Crippen molar-refractivity contribution in [1.82, 2.24) is 5.32 Å². The number of hydrogen-bond donors (Lipinski definition) is 1. The molecular weight excluding hydrogens is 684 g/mol. The predicted octanol–water partition coefficient (Wildman–Crippen LogP) is 7.73. The van der Waals surface area contributed by atoms with Crippen molar-refractivity contribution in [2.24, 2.45) is 0 Å². The second kappa shape index (κ2) is 14.3. The minimum Gasteiger partial charge on any atom is -0.497 e. The van der Waals surface area contributed by atoms with E-state index in [0.717, 1.165) is 58.8 Å². The van der Waals surface area contributed by atoms with Gasteiger partial charge in [0.25, 0.3) is 17.5 Å². The molecule has 5 aromatic rings. The van der Waals surface area contributed by atoms with E-state index in [9.17, 15) is 24.5 Å². The summed E-state index contributed by atoms with van der Waals surface area (Å²) in [6.45, 7) is 1.74. The number of nitro benzene ring substituents is 1. The second-order valence-electron chi connectivity index (χ2n) is 13.5. The molecule has 270 valence electrons. The smallest absolute Gasteiger partial charge is 0.335 e. The van der Waals surface area contributed by atoms with Crippen LogP contribution in [0, 0.1) is 10.1 Å². The standard InChI is InChI=1S/C43H36N4O7/c1-53-33-16-15-30(39(25-33)54-26-27-9-8-14-31(21-27)47(51)52)22-38-41(48)44-43(50)46(42(38)49)32-23-36-34(28-10-4-2-5-11-28)17-19-45-20-18-35(37(24-32)40(36)45)29-12-6-3-7-13-29/h2-16,21-25,34-35H,17-20,26H2,1H3,(H,44,48,50)/b38-22+/t34-,35-/m1/s1. The zero-order valence-corrected chi connectivity index (χ0v) is 29.4. The highest BCUT2D eigenvalue weighted by atomic mass is 16.6. The summed E-state index contributed by atoms with van der Waals surface area (Å²) in [4.78, 5) is 55.9. The SMILES string of the molecule is COc1ccc(/C=C2\C(=O)NC(=O)N(c3cc4c5c(c3)[C@@H](c3ccccc3)CCN5CC[C@@H]4c3ccccc3)C2=O)c(OCc2cccc([N+](=O)[O-])c2)c1. The van der Waals surface area contributed by atoms with Crippen molar-refractivity contribution in [2.75, 3.05) is 30.0 Å². The van der Waals surface area contributed by atoms with Crippen LogP contribution in [0.2, 0.25) is 0 Å². The van der Waals surface area contributed by atoms with Gasteiger partial charge in [0, 0.05) is 54.4 Å². The number of ether oxygens (including phenoxy) is 2. The summed E-state index contributed by atoms with van der Waals surface area (Å²) in [6.07, 6.45) is 3.13. The fourth-order valence-electron chi connectivity index (χ4n) is 7.82. The van der Waals surface area contributed by atoms with Gasteiger partial charge in [-0.1, -0.05) is 72.8 Å². The lowest BCUT2D eigenvalue weighted by atomic mass is 9.76. The van der Waals surface area contributed by atoms with Crippen LogP contribution >= 0.6 is 0 Å². The maximum absolute atomic E-state index is 14.5. The van der Waals surface area contributed by atoms with Crippen LogP contribution in [0.25, 0.3) is 6.08 Å². The fourth-order valence-corrected chi connectivity index (χ4v) is 7.82. The third kappa shape index (κ3) is 6.44. The number of benzene rings is 5. The van der Waals surface area contributed by atoms with Crippen LogP contribution < -0.4 is 24.6 Å². The highest BCUT2D eigenvalue weighted by molar-refractivity contribution is 6.39. The van der Waals surface area contributed by atoms with Gasteiger partial charge in [-0.2, -0.15) is 0 Å². The van der Waals surface area contributed by atoms with E-state index in [1.54, 1.807) is 30.3 Å². The van der Waals surface area contributed by atoms with Crippen LogP contribution in [0.15, 0.2) is 121 Å². The molecule has 1 saturated heterocycles. The van der Waals surface area contributed by atoms with Gasteiger partial charge in [-0.05, 0) is 71.0 Å².